The molecule has 38 heavy (non-hydrogen) atoms. The second kappa shape index (κ2) is 13.0. The third-order valence-corrected chi connectivity index (χ3v) is 7.39. The lowest BCUT2D eigenvalue weighted by Crippen LogP contribution is -2.41. The maximum absolute atomic E-state index is 14.7. The van der Waals surface area contributed by atoms with Crippen LogP contribution in [0.1, 0.15) is 77.0 Å². The fourth-order valence-corrected chi connectivity index (χ4v) is 5.15. The van der Waals surface area contributed by atoms with Crippen LogP contribution in [-0.2, 0) is 9.59 Å². The van der Waals surface area contributed by atoms with Crippen LogP contribution in [0.2, 0.25) is 5.02 Å². The molecular weight excluding hydrogens is 508 g/mol. The first-order valence-electron chi connectivity index (χ1n) is 13.4. The fraction of sp³-hybridized carbons (Fsp3) is 0.533. The van der Waals surface area contributed by atoms with E-state index in [0.29, 0.717) is 49.5 Å². The van der Waals surface area contributed by atoms with Gasteiger partial charge in [0.1, 0.15) is 11.6 Å². The van der Waals surface area contributed by atoms with Crippen molar-refractivity contribution in [3.8, 4) is 0 Å². The van der Waals surface area contributed by atoms with Gasteiger partial charge < -0.3 is 10.6 Å². The molecule has 2 N–H and O–H groups in total. The SMILES string of the molecule is CC(C)CC(=O)N[C@@H](CCCNC(=O)[C@@H]1CN(C(C)(C)C)C[C@H]1c1ccc(F)cc1F)c1ccc(Cl)cc1. The number of likely N-dealkylation sites (tertiary alicyclic amines) is 1. The van der Waals surface area contributed by atoms with Gasteiger partial charge in [-0.25, -0.2) is 8.78 Å². The monoisotopic (exact) mass is 547 g/mol. The third kappa shape index (κ3) is 8.24. The van der Waals surface area contributed by atoms with Crippen LogP contribution in [0.4, 0.5) is 8.78 Å². The zero-order valence-electron chi connectivity index (χ0n) is 23.0. The Morgan fingerprint density at radius 2 is 1.76 bits per heavy atom. The molecule has 1 fully saturated rings. The van der Waals surface area contributed by atoms with Crippen molar-refractivity contribution < 1.29 is 18.4 Å². The summed E-state index contributed by atoms with van der Waals surface area (Å²) in [7, 11) is 0. The summed E-state index contributed by atoms with van der Waals surface area (Å²) in [4.78, 5) is 28.0. The van der Waals surface area contributed by atoms with Crippen LogP contribution in [0.3, 0.4) is 0 Å². The van der Waals surface area contributed by atoms with E-state index in [0.717, 1.165) is 11.6 Å². The Morgan fingerprint density at radius 1 is 1.08 bits per heavy atom. The molecule has 8 heteroatoms. The molecule has 0 saturated carbocycles. The van der Waals surface area contributed by atoms with E-state index in [4.69, 9.17) is 11.6 Å². The van der Waals surface area contributed by atoms with Gasteiger partial charge in [0.2, 0.25) is 11.8 Å². The van der Waals surface area contributed by atoms with E-state index in [1.54, 1.807) is 12.1 Å². The van der Waals surface area contributed by atoms with Gasteiger partial charge in [-0.1, -0.05) is 43.6 Å². The molecule has 1 heterocycles. The van der Waals surface area contributed by atoms with E-state index in [2.05, 4.69) is 36.3 Å². The topological polar surface area (TPSA) is 61.4 Å². The van der Waals surface area contributed by atoms with Crippen LogP contribution in [0.25, 0.3) is 0 Å². The van der Waals surface area contributed by atoms with Gasteiger partial charge in [0.15, 0.2) is 0 Å². The lowest BCUT2D eigenvalue weighted by Gasteiger charge is -2.31. The minimum absolute atomic E-state index is 0.0126. The minimum Gasteiger partial charge on any atom is -0.356 e. The van der Waals surface area contributed by atoms with Crippen molar-refractivity contribution in [1.82, 2.24) is 15.5 Å². The van der Waals surface area contributed by atoms with Crippen molar-refractivity contribution in [3.05, 3.63) is 70.2 Å². The van der Waals surface area contributed by atoms with Crippen molar-refractivity contribution in [2.45, 2.75) is 71.4 Å². The Balaban J connectivity index is 1.65. The minimum atomic E-state index is -0.631. The third-order valence-electron chi connectivity index (χ3n) is 7.14. The highest BCUT2D eigenvalue weighted by atomic mass is 35.5. The number of carbonyl (C=O) groups is 2. The molecule has 1 saturated heterocycles. The molecule has 0 aliphatic carbocycles. The van der Waals surface area contributed by atoms with Gasteiger partial charge in [-0.05, 0) is 68.9 Å². The molecule has 0 aromatic heterocycles. The molecule has 2 amide bonds. The highest BCUT2D eigenvalue weighted by Gasteiger charge is 2.42. The van der Waals surface area contributed by atoms with Gasteiger partial charge in [0, 0.05) is 48.6 Å². The molecule has 1 aliphatic heterocycles. The standard InChI is InChI=1S/C30H40ClF2N3O2/c1-19(2)15-28(37)35-27(20-8-10-21(31)11-9-20)7-6-14-34-29(38)25-18-36(30(3,4)5)17-24(25)23-13-12-22(32)16-26(23)33/h8-13,16,19,24-25,27H,6-7,14-15,17-18H2,1-5H3,(H,34,38)(H,35,37)/t24-,25+,27-/m0/s1. The molecule has 0 spiro atoms. The number of carbonyl (C=O) groups excluding carboxylic acids is 2. The van der Waals surface area contributed by atoms with Gasteiger partial charge in [-0.15, -0.1) is 0 Å². The van der Waals surface area contributed by atoms with E-state index >= 15 is 0 Å². The Kier molecular flexibility index (Phi) is 10.3. The van der Waals surface area contributed by atoms with Crippen LogP contribution in [0, 0.1) is 23.5 Å². The molecule has 0 radical (unpaired) electrons. The summed E-state index contributed by atoms with van der Waals surface area (Å²) in [5.74, 6) is -1.98. The van der Waals surface area contributed by atoms with E-state index in [1.165, 1.54) is 12.1 Å². The predicted molar refractivity (Wildman–Crippen MR) is 148 cm³/mol. The first-order valence-corrected chi connectivity index (χ1v) is 13.8. The van der Waals surface area contributed by atoms with Crippen LogP contribution >= 0.6 is 11.6 Å². The number of benzene rings is 2. The summed E-state index contributed by atoms with van der Waals surface area (Å²) in [5, 5.41) is 6.77. The lowest BCUT2D eigenvalue weighted by molar-refractivity contribution is -0.125. The van der Waals surface area contributed by atoms with Crippen LogP contribution in [0.5, 0.6) is 0 Å². The molecule has 208 valence electrons. The molecule has 1 aliphatic rings. The van der Waals surface area contributed by atoms with Gasteiger partial charge in [-0.3, -0.25) is 14.5 Å². The highest BCUT2D eigenvalue weighted by molar-refractivity contribution is 6.30. The van der Waals surface area contributed by atoms with Gasteiger partial charge in [0.25, 0.3) is 0 Å². The normalized spacial score (nSPS) is 19.0. The number of rotatable bonds is 10. The van der Waals surface area contributed by atoms with Crippen LogP contribution in [-0.4, -0.2) is 41.9 Å². The van der Waals surface area contributed by atoms with Crippen molar-refractivity contribution in [3.63, 3.8) is 0 Å². The van der Waals surface area contributed by atoms with Crippen LogP contribution < -0.4 is 10.6 Å². The molecule has 2 aromatic carbocycles. The van der Waals surface area contributed by atoms with E-state index < -0.39 is 17.6 Å². The zero-order chi connectivity index (χ0) is 28.0. The molecule has 3 rings (SSSR count). The van der Waals surface area contributed by atoms with Crippen molar-refractivity contribution in [1.29, 1.82) is 0 Å². The summed E-state index contributed by atoms with van der Waals surface area (Å²) in [5.41, 5.74) is 1.14. The summed E-state index contributed by atoms with van der Waals surface area (Å²) in [6.07, 6.45) is 1.72. The molecule has 0 bridgehead atoms. The number of amides is 2. The van der Waals surface area contributed by atoms with Crippen molar-refractivity contribution in [2.75, 3.05) is 19.6 Å². The number of hydrogen-bond acceptors (Lipinski definition) is 3. The maximum atomic E-state index is 14.7. The predicted octanol–water partition coefficient (Wildman–Crippen LogP) is 6.23. The molecule has 2 aromatic rings. The van der Waals surface area contributed by atoms with E-state index in [1.807, 2.05) is 26.0 Å². The number of nitrogens with one attached hydrogen (secondary N) is 2. The quantitative estimate of drug-likeness (QED) is 0.346. The summed E-state index contributed by atoms with van der Waals surface area (Å²) >= 11 is 6.05. The van der Waals surface area contributed by atoms with E-state index in [-0.39, 0.29) is 35.2 Å². The van der Waals surface area contributed by atoms with Gasteiger partial charge in [-0.2, -0.15) is 0 Å². The largest absolute Gasteiger partial charge is 0.356 e. The second-order valence-electron chi connectivity index (χ2n) is 11.7. The Hall–Kier alpha value is -2.51. The van der Waals surface area contributed by atoms with Gasteiger partial charge >= 0.3 is 0 Å². The number of hydrogen-bond donors (Lipinski definition) is 2. The summed E-state index contributed by atoms with van der Waals surface area (Å²) < 4.78 is 28.2. The first-order chi connectivity index (χ1) is 17.8. The second-order valence-corrected chi connectivity index (χ2v) is 12.1. The molecule has 3 atom stereocenters. The Morgan fingerprint density at radius 3 is 2.37 bits per heavy atom. The van der Waals surface area contributed by atoms with Crippen molar-refractivity contribution in [2.24, 2.45) is 11.8 Å². The molecule has 0 unspecified atom stereocenters. The summed E-state index contributed by atoms with van der Waals surface area (Å²) in [6.45, 7) is 11.6. The first kappa shape index (κ1) is 30.0. The summed E-state index contributed by atoms with van der Waals surface area (Å²) in [6, 6.07) is 10.8. The molecule has 5 nitrogen and oxygen atoms in total. The molecular formula is C30H40ClF2N3O2. The highest BCUT2D eigenvalue weighted by Crippen LogP contribution is 2.37. The average molecular weight is 548 g/mol. The average Bonchev–Trinajstić information content (AvgIpc) is 3.27. The number of halogens is 3. The lowest BCUT2D eigenvalue weighted by atomic mass is 9.88. The zero-order valence-corrected chi connectivity index (χ0v) is 23.7. The van der Waals surface area contributed by atoms with E-state index in [9.17, 15) is 18.4 Å². The van der Waals surface area contributed by atoms with Crippen molar-refractivity contribution >= 4 is 23.4 Å². The maximum Gasteiger partial charge on any atom is 0.225 e. The van der Waals surface area contributed by atoms with Gasteiger partial charge in [0.05, 0.1) is 12.0 Å². The smallest absolute Gasteiger partial charge is 0.225 e. The van der Waals surface area contributed by atoms with Crippen LogP contribution in [0.15, 0.2) is 42.5 Å². The Labute approximate surface area is 230 Å². The fourth-order valence-electron chi connectivity index (χ4n) is 5.02. The Bertz CT molecular complexity index is 1100. The number of nitrogens with zero attached hydrogens (tertiary/aromatic N) is 1.